The first-order valence-corrected chi connectivity index (χ1v) is 6.68. The first kappa shape index (κ1) is 13.1. The predicted octanol–water partition coefficient (Wildman–Crippen LogP) is 2.67. The molecule has 16 heavy (non-hydrogen) atoms. The summed E-state index contributed by atoms with van der Waals surface area (Å²) in [5, 5.41) is 3.90. The Morgan fingerprint density at radius 3 is 2.75 bits per heavy atom. The van der Waals surface area contributed by atoms with Gasteiger partial charge in [-0.1, -0.05) is 25.6 Å². The molecule has 1 N–H and O–H groups in total. The van der Waals surface area contributed by atoms with Crippen molar-refractivity contribution >= 4 is 17.6 Å². The van der Waals surface area contributed by atoms with Crippen LogP contribution in [0, 0.1) is 5.92 Å². The van der Waals surface area contributed by atoms with Crippen molar-refractivity contribution in [2.45, 2.75) is 25.9 Å². The Kier molecular flexibility index (Phi) is 5.38. The maximum atomic E-state index is 5.59. The van der Waals surface area contributed by atoms with Gasteiger partial charge in [0.2, 0.25) is 5.88 Å². The molecule has 5 heteroatoms. The van der Waals surface area contributed by atoms with Crippen LogP contribution in [0.3, 0.4) is 0 Å². The van der Waals surface area contributed by atoms with E-state index in [1.165, 1.54) is 11.8 Å². The second kappa shape index (κ2) is 6.58. The molecule has 1 aromatic rings. The highest BCUT2D eigenvalue weighted by molar-refractivity contribution is 7.98. The molecule has 0 amide bonds. The Hall–Kier alpha value is -0.970. The zero-order chi connectivity index (χ0) is 12.0. The van der Waals surface area contributed by atoms with E-state index >= 15 is 0 Å². The van der Waals surface area contributed by atoms with E-state index in [4.69, 9.17) is 4.74 Å². The van der Waals surface area contributed by atoms with Crippen molar-refractivity contribution in [2.75, 3.05) is 24.7 Å². The molecule has 0 saturated heterocycles. The molecule has 0 saturated carbocycles. The third-order valence-corrected chi connectivity index (χ3v) is 2.33. The van der Waals surface area contributed by atoms with Crippen LogP contribution in [0.15, 0.2) is 11.2 Å². The highest BCUT2D eigenvalue weighted by Gasteiger charge is 2.05. The number of rotatable bonds is 6. The van der Waals surface area contributed by atoms with E-state index in [2.05, 4.69) is 29.1 Å². The van der Waals surface area contributed by atoms with Gasteiger partial charge in [-0.05, 0) is 19.1 Å². The molecule has 4 nitrogen and oxygen atoms in total. The third kappa shape index (κ3) is 4.26. The van der Waals surface area contributed by atoms with Crippen LogP contribution in [-0.4, -0.2) is 29.4 Å². The third-order valence-electron chi connectivity index (χ3n) is 1.79. The quantitative estimate of drug-likeness (QED) is 0.613. The minimum atomic E-state index is 0.496. The fraction of sp³-hybridized carbons (Fsp3) is 0.636. The molecule has 1 aromatic heterocycles. The summed E-state index contributed by atoms with van der Waals surface area (Å²) in [7, 11) is 0. The second-order valence-electron chi connectivity index (χ2n) is 3.81. The lowest BCUT2D eigenvalue weighted by Crippen LogP contribution is -2.08. The maximum Gasteiger partial charge on any atom is 0.219 e. The SMILES string of the molecule is CCNc1cc(OCC(C)C)nc(SC)n1. The van der Waals surface area contributed by atoms with Crippen molar-refractivity contribution in [1.29, 1.82) is 0 Å². The predicted molar refractivity (Wildman–Crippen MR) is 68.3 cm³/mol. The molecule has 1 heterocycles. The molecule has 0 aliphatic rings. The van der Waals surface area contributed by atoms with E-state index in [9.17, 15) is 0 Å². The summed E-state index contributed by atoms with van der Waals surface area (Å²) in [6.07, 6.45) is 1.96. The van der Waals surface area contributed by atoms with Gasteiger partial charge in [-0.15, -0.1) is 0 Å². The highest BCUT2D eigenvalue weighted by atomic mass is 32.2. The van der Waals surface area contributed by atoms with Crippen LogP contribution in [0.25, 0.3) is 0 Å². The van der Waals surface area contributed by atoms with Crippen molar-refractivity contribution in [3.05, 3.63) is 6.07 Å². The Morgan fingerprint density at radius 1 is 1.44 bits per heavy atom. The summed E-state index contributed by atoms with van der Waals surface area (Å²) in [5.74, 6) is 1.96. The lowest BCUT2D eigenvalue weighted by molar-refractivity contribution is 0.259. The van der Waals surface area contributed by atoms with Crippen molar-refractivity contribution in [2.24, 2.45) is 5.92 Å². The summed E-state index contributed by atoms with van der Waals surface area (Å²) < 4.78 is 5.59. The zero-order valence-electron chi connectivity index (χ0n) is 10.3. The zero-order valence-corrected chi connectivity index (χ0v) is 11.1. The summed E-state index contributed by atoms with van der Waals surface area (Å²) >= 11 is 1.52. The highest BCUT2D eigenvalue weighted by Crippen LogP contribution is 2.19. The number of thioether (sulfide) groups is 1. The minimum absolute atomic E-state index is 0.496. The number of nitrogens with one attached hydrogen (secondary N) is 1. The normalized spacial score (nSPS) is 10.6. The Bertz CT molecular complexity index is 331. The van der Waals surface area contributed by atoms with Gasteiger partial charge in [-0.3, -0.25) is 0 Å². The Balaban J connectivity index is 2.77. The van der Waals surface area contributed by atoms with Crippen molar-refractivity contribution < 1.29 is 4.74 Å². The standard InChI is InChI=1S/C11H19N3OS/c1-5-12-9-6-10(15-7-8(2)3)14-11(13-9)16-4/h6,8H,5,7H2,1-4H3,(H,12,13,14). The first-order chi connectivity index (χ1) is 7.65. The van der Waals surface area contributed by atoms with Crippen LogP contribution in [0.1, 0.15) is 20.8 Å². The number of hydrogen-bond donors (Lipinski definition) is 1. The van der Waals surface area contributed by atoms with Crippen molar-refractivity contribution in [1.82, 2.24) is 9.97 Å². The Labute approximate surface area is 101 Å². The van der Waals surface area contributed by atoms with Gasteiger partial charge >= 0.3 is 0 Å². The topological polar surface area (TPSA) is 47.0 Å². The van der Waals surface area contributed by atoms with Crippen molar-refractivity contribution in [3.63, 3.8) is 0 Å². The molecule has 0 bridgehead atoms. The van der Waals surface area contributed by atoms with Crippen LogP contribution in [0.5, 0.6) is 5.88 Å². The summed E-state index contributed by atoms with van der Waals surface area (Å²) in [6, 6.07) is 1.84. The van der Waals surface area contributed by atoms with Crippen LogP contribution in [0.4, 0.5) is 5.82 Å². The van der Waals surface area contributed by atoms with E-state index in [0.717, 1.165) is 17.5 Å². The molecule has 0 atom stereocenters. The van der Waals surface area contributed by atoms with Gasteiger partial charge < -0.3 is 10.1 Å². The fourth-order valence-electron chi connectivity index (χ4n) is 1.09. The van der Waals surface area contributed by atoms with E-state index in [-0.39, 0.29) is 0 Å². The van der Waals surface area contributed by atoms with Gasteiger partial charge in [-0.25, -0.2) is 4.98 Å². The van der Waals surface area contributed by atoms with Crippen LogP contribution in [0.2, 0.25) is 0 Å². The van der Waals surface area contributed by atoms with Crippen LogP contribution in [-0.2, 0) is 0 Å². The molecule has 0 aromatic carbocycles. The molecule has 0 unspecified atom stereocenters. The van der Waals surface area contributed by atoms with Gasteiger partial charge in [0, 0.05) is 12.6 Å². The Morgan fingerprint density at radius 2 is 2.19 bits per heavy atom. The van der Waals surface area contributed by atoms with E-state index < -0.39 is 0 Å². The minimum Gasteiger partial charge on any atom is -0.477 e. The average molecular weight is 241 g/mol. The summed E-state index contributed by atoms with van der Waals surface area (Å²) in [6.45, 7) is 7.78. The number of ether oxygens (including phenoxy) is 1. The molecule has 0 aliphatic carbocycles. The van der Waals surface area contributed by atoms with Gasteiger partial charge in [-0.2, -0.15) is 4.98 Å². The molecule has 1 rings (SSSR count). The largest absolute Gasteiger partial charge is 0.477 e. The molecule has 0 spiro atoms. The fourth-order valence-corrected chi connectivity index (χ4v) is 1.46. The van der Waals surface area contributed by atoms with Crippen LogP contribution >= 0.6 is 11.8 Å². The first-order valence-electron chi connectivity index (χ1n) is 5.45. The molecule has 0 fully saturated rings. The van der Waals surface area contributed by atoms with E-state index in [1.54, 1.807) is 0 Å². The smallest absolute Gasteiger partial charge is 0.219 e. The number of nitrogens with zero attached hydrogens (tertiary/aromatic N) is 2. The van der Waals surface area contributed by atoms with Gasteiger partial charge in [0.05, 0.1) is 6.61 Å². The number of aromatic nitrogens is 2. The molecule has 90 valence electrons. The van der Waals surface area contributed by atoms with Crippen molar-refractivity contribution in [3.8, 4) is 5.88 Å². The van der Waals surface area contributed by atoms with Gasteiger partial charge in [0.1, 0.15) is 5.82 Å². The summed E-state index contributed by atoms with van der Waals surface area (Å²) in [5.41, 5.74) is 0. The molecule has 0 aliphatic heterocycles. The molecular weight excluding hydrogens is 222 g/mol. The average Bonchev–Trinajstić information content (AvgIpc) is 2.26. The number of hydrogen-bond acceptors (Lipinski definition) is 5. The lowest BCUT2D eigenvalue weighted by atomic mass is 10.2. The van der Waals surface area contributed by atoms with E-state index in [0.29, 0.717) is 18.4 Å². The lowest BCUT2D eigenvalue weighted by Gasteiger charge is -2.10. The monoisotopic (exact) mass is 241 g/mol. The molecular formula is C11H19N3OS. The van der Waals surface area contributed by atoms with Gasteiger partial charge in [0.15, 0.2) is 5.16 Å². The van der Waals surface area contributed by atoms with Crippen LogP contribution < -0.4 is 10.1 Å². The van der Waals surface area contributed by atoms with Gasteiger partial charge in [0.25, 0.3) is 0 Å². The summed E-state index contributed by atoms with van der Waals surface area (Å²) in [4.78, 5) is 8.63. The second-order valence-corrected chi connectivity index (χ2v) is 4.59. The molecule has 0 radical (unpaired) electrons. The number of anilines is 1. The maximum absolute atomic E-state index is 5.59. The van der Waals surface area contributed by atoms with E-state index in [1.807, 2.05) is 19.2 Å².